The van der Waals surface area contributed by atoms with Gasteiger partial charge in [-0.25, -0.2) is 13.9 Å². The van der Waals surface area contributed by atoms with Gasteiger partial charge in [0.1, 0.15) is 18.6 Å². The lowest BCUT2D eigenvalue weighted by molar-refractivity contribution is -0.227. The average molecular weight is 621 g/mol. The Labute approximate surface area is 245 Å². The monoisotopic (exact) mass is 620 g/mol. The van der Waals surface area contributed by atoms with Crippen molar-refractivity contribution in [3.05, 3.63) is 29.6 Å². The molecule has 3 rings (SSSR count). The largest absolute Gasteiger partial charge is 0.414 e. The molecule has 1 fully saturated rings. The molecule has 1 aromatic carbocycles. The van der Waals surface area contributed by atoms with E-state index in [1.54, 1.807) is 20.8 Å². The van der Waals surface area contributed by atoms with E-state index in [9.17, 15) is 17.4 Å². The molecule has 1 aromatic heterocycles. The van der Waals surface area contributed by atoms with Crippen molar-refractivity contribution in [2.24, 2.45) is 5.73 Å². The first kappa shape index (κ1) is 34.1. The number of hydrogen-bond donors (Lipinski definition) is 2. The van der Waals surface area contributed by atoms with Crippen LogP contribution in [0.5, 0.6) is 0 Å². The molecule has 5 atom stereocenters. The van der Waals surface area contributed by atoms with Gasteiger partial charge < -0.3 is 24.5 Å². The minimum Gasteiger partial charge on any atom is -0.376 e. The predicted molar refractivity (Wildman–Crippen MR) is 160 cm³/mol. The zero-order valence-corrected chi connectivity index (χ0v) is 27.3. The van der Waals surface area contributed by atoms with Gasteiger partial charge in [0.05, 0.1) is 51.6 Å². The minimum absolute atomic E-state index is 0.133. The summed E-state index contributed by atoms with van der Waals surface area (Å²) in [7, 11) is -2.97. The first-order valence-electron chi connectivity index (χ1n) is 14.2. The maximum Gasteiger partial charge on any atom is 0.414 e. The van der Waals surface area contributed by atoms with E-state index in [-0.39, 0.29) is 18.9 Å². The Kier molecular flexibility index (Phi) is 11.3. The van der Waals surface area contributed by atoms with Crippen LogP contribution in [0, 0.1) is 0 Å². The van der Waals surface area contributed by atoms with E-state index in [4.69, 9.17) is 24.9 Å². The SMILES string of the molecule is C[C@H](O[C@H](C)[C@H](NS(=O)C(C)(C)C)c1nc2cc([C@H](N)COC3CC3)ccc2n1COCC[Si](C)(C)C)C(F)(F)F. The molecular weight excluding hydrogens is 573 g/mol. The maximum absolute atomic E-state index is 13.4. The van der Waals surface area contributed by atoms with E-state index in [0.29, 0.717) is 24.6 Å². The summed E-state index contributed by atoms with van der Waals surface area (Å²) in [6.45, 7) is 15.7. The van der Waals surface area contributed by atoms with Crippen LogP contribution < -0.4 is 10.5 Å². The van der Waals surface area contributed by atoms with Gasteiger partial charge in [-0.2, -0.15) is 13.2 Å². The number of imidazole rings is 1. The minimum atomic E-state index is -4.55. The quantitative estimate of drug-likeness (QED) is 0.188. The second-order valence-corrected chi connectivity index (χ2v) is 20.8. The van der Waals surface area contributed by atoms with Gasteiger partial charge in [0.25, 0.3) is 0 Å². The summed E-state index contributed by atoms with van der Waals surface area (Å²) in [5.74, 6) is 0.382. The van der Waals surface area contributed by atoms with Crippen molar-refractivity contribution in [3.63, 3.8) is 0 Å². The van der Waals surface area contributed by atoms with Crippen molar-refractivity contribution in [1.82, 2.24) is 14.3 Å². The van der Waals surface area contributed by atoms with Gasteiger partial charge in [-0.1, -0.05) is 25.7 Å². The lowest BCUT2D eigenvalue weighted by Gasteiger charge is -2.30. The third-order valence-electron chi connectivity index (χ3n) is 6.90. The first-order valence-corrected chi connectivity index (χ1v) is 19.1. The molecule has 1 aliphatic rings. The number of aromatic nitrogens is 2. The van der Waals surface area contributed by atoms with Crippen molar-refractivity contribution in [3.8, 4) is 0 Å². The zero-order valence-electron chi connectivity index (χ0n) is 25.5. The van der Waals surface area contributed by atoms with Gasteiger partial charge in [-0.05, 0) is 71.2 Å². The molecule has 0 bridgehead atoms. The average Bonchev–Trinajstić information content (AvgIpc) is 3.61. The molecule has 1 heterocycles. The Morgan fingerprint density at radius 2 is 1.85 bits per heavy atom. The highest BCUT2D eigenvalue weighted by atomic mass is 32.2. The number of halogens is 3. The van der Waals surface area contributed by atoms with Gasteiger partial charge in [-0.15, -0.1) is 0 Å². The molecule has 0 saturated heterocycles. The van der Waals surface area contributed by atoms with Gasteiger partial charge in [-0.3, -0.25) is 0 Å². The van der Waals surface area contributed by atoms with Crippen LogP contribution in [0.25, 0.3) is 11.0 Å². The topological polar surface area (TPSA) is 101 Å². The fourth-order valence-corrected chi connectivity index (χ4v) is 5.64. The standard InChI is InChI=1S/C28H47F3N4O4SSi/c1-18(39-19(2)28(29,30)31)25(34-40(36)27(3,4)5)26-33-23-15-20(22(32)16-38-21-10-11-21)9-12-24(23)35(26)17-37-13-14-41(6,7)8/h9,12,15,18-19,21-22,25,34H,10-11,13-14,16-17,32H2,1-8H3/t18-,19+,22-,25+,40?/m1/s1. The van der Waals surface area contributed by atoms with E-state index in [1.807, 2.05) is 22.8 Å². The Morgan fingerprint density at radius 1 is 1.20 bits per heavy atom. The smallest absolute Gasteiger partial charge is 0.376 e. The number of nitrogens with zero attached hydrogens (tertiary/aromatic N) is 2. The van der Waals surface area contributed by atoms with Gasteiger partial charge >= 0.3 is 6.18 Å². The van der Waals surface area contributed by atoms with Crippen LogP contribution in [0.3, 0.4) is 0 Å². The molecule has 1 aliphatic carbocycles. The summed E-state index contributed by atoms with van der Waals surface area (Å²) >= 11 is 0. The molecule has 13 heteroatoms. The fraction of sp³-hybridized carbons (Fsp3) is 0.750. The lowest BCUT2D eigenvalue weighted by Crippen LogP contribution is -2.43. The number of alkyl halides is 3. The molecule has 1 unspecified atom stereocenters. The van der Waals surface area contributed by atoms with Gasteiger partial charge in [0.15, 0.2) is 6.10 Å². The van der Waals surface area contributed by atoms with Crippen molar-refractivity contribution in [1.29, 1.82) is 0 Å². The van der Waals surface area contributed by atoms with Crippen LogP contribution in [0.1, 0.15) is 70.9 Å². The van der Waals surface area contributed by atoms with E-state index in [0.717, 1.165) is 36.9 Å². The summed E-state index contributed by atoms with van der Waals surface area (Å²) < 4.78 is 75.1. The van der Waals surface area contributed by atoms with E-state index < -0.39 is 48.2 Å². The Balaban J connectivity index is 2.02. The van der Waals surface area contributed by atoms with Crippen LogP contribution in [0.4, 0.5) is 13.2 Å². The number of benzene rings is 1. The summed E-state index contributed by atoms with van der Waals surface area (Å²) in [4.78, 5) is 4.85. The summed E-state index contributed by atoms with van der Waals surface area (Å²) in [6.07, 6.45) is -5.21. The molecule has 2 aromatic rings. The van der Waals surface area contributed by atoms with Crippen molar-refractivity contribution < 1.29 is 31.6 Å². The summed E-state index contributed by atoms with van der Waals surface area (Å²) in [5, 5.41) is 0. The van der Waals surface area contributed by atoms with Crippen molar-refractivity contribution in [2.75, 3.05) is 13.2 Å². The molecule has 0 radical (unpaired) electrons. The zero-order chi connectivity index (χ0) is 30.8. The highest BCUT2D eigenvalue weighted by Gasteiger charge is 2.40. The molecule has 0 aliphatic heterocycles. The Morgan fingerprint density at radius 3 is 2.41 bits per heavy atom. The van der Waals surface area contributed by atoms with E-state index >= 15 is 0 Å². The summed E-state index contributed by atoms with van der Waals surface area (Å²) in [6, 6.07) is 5.35. The van der Waals surface area contributed by atoms with Crippen LogP contribution >= 0.6 is 0 Å². The molecule has 0 amide bonds. The molecule has 1 saturated carbocycles. The Hall–Kier alpha value is -1.35. The highest BCUT2D eigenvalue weighted by Crippen LogP contribution is 2.31. The molecule has 8 nitrogen and oxygen atoms in total. The lowest BCUT2D eigenvalue weighted by atomic mass is 10.1. The predicted octanol–water partition coefficient (Wildman–Crippen LogP) is 5.98. The number of hydrogen-bond acceptors (Lipinski definition) is 6. The van der Waals surface area contributed by atoms with Crippen molar-refractivity contribution in [2.45, 2.75) is 121 Å². The van der Waals surface area contributed by atoms with Crippen LogP contribution in [0.2, 0.25) is 25.7 Å². The molecule has 41 heavy (non-hydrogen) atoms. The van der Waals surface area contributed by atoms with Gasteiger partial charge in [0, 0.05) is 14.7 Å². The van der Waals surface area contributed by atoms with E-state index in [1.165, 1.54) is 6.92 Å². The van der Waals surface area contributed by atoms with Crippen molar-refractivity contribution >= 4 is 30.1 Å². The highest BCUT2D eigenvalue weighted by molar-refractivity contribution is 7.84. The number of nitrogens with two attached hydrogens (primary N) is 1. The molecule has 0 spiro atoms. The summed E-state index contributed by atoms with van der Waals surface area (Å²) in [5.41, 5.74) is 8.59. The molecule has 3 N–H and O–H groups in total. The third kappa shape index (κ3) is 10.1. The fourth-order valence-electron chi connectivity index (χ4n) is 4.00. The number of rotatable bonds is 15. The van der Waals surface area contributed by atoms with Crippen LogP contribution in [-0.2, 0) is 31.9 Å². The second-order valence-electron chi connectivity index (χ2n) is 13.1. The molecule has 234 valence electrons. The van der Waals surface area contributed by atoms with E-state index in [2.05, 4.69) is 24.4 Å². The molecular formula is C28H47F3N4O4SSi. The number of nitrogens with one attached hydrogen (secondary N) is 1. The first-order chi connectivity index (χ1) is 18.9. The Bertz CT molecular complexity index is 1180. The van der Waals surface area contributed by atoms with Gasteiger partial charge in [0.2, 0.25) is 0 Å². The maximum atomic E-state index is 13.4. The second kappa shape index (κ2) is 13.5. The van der Waals surface area contributed by atoms with Crippen LogP contribution in [-0.4, -0.2) is 64.3 Å². The number of ether oxygens (including phenoxy) is 3. The number of fused-ring (bicyclic) bond motifs is 1. The normalized spacial score (nSPS) is 18.8. The van der Waals surface area contributed by atoms with Crippen LogP contribution in [0.15, 0.2) is 18.2 Å². The third-order valence-corrected chi connectivity index (χ3v) is 10.2.